The molecule has 1 aliphatic carbocycles. The molecule has 1 N–H and O–H groups in total. The van der Waals surface area contributed by atoms with Crippen molar-refractivity contribution in [3.8, 4) is 11.5 Å². The van der Waals surface area contributed by atoms with Crippen molar-refractivity contribution in [3.05, 3.63) is 129 Å². The maximum absolute atomic E-state index is 6.58. The van der Waals surface area contributed by atoms with Gasteiger partial charge in [-0.2, -0.15) is 0 Å². The summed E-state index contributed by atoms with van der Waals surface area (Å²) in [7, 11) is 1.60. The summed E-state index contributed by atoms with van der Waals surface area (Å²) >= 11 is 12.7. The third-order valence-corrected chi connectivity index (χ3v) is 8.17. The minimum Gasteiger partial charge on any atom is -0.493 e. The Morgan fingerprint density at radius 3 is 2.65 bits per heavy atom. The summed E-state index contributed by atoms with van der Waals surface area (Å²) in [4.78, 5) is 4.70. The molecule has 40 heavy (non-hydrogen) atoms. The molecule has 0 amide bonds. The van der Waals surface area contributed by atoms with Crippen molar-refractivity contribution in [1.29, 1.82) is 0 Å². The van der Waals surface area contributed by atoms with Crippen LogP contribution in [0.5, 0.6) is 11.5 Å². The van der Waals surface area contributed by atoms with Crippen LogP contribution in [0.3, 0.4) is 0 Å². The fourth-order valence-electron chi connectivity index (χ4n) is 5.70. The van der Waals surface area contributed by atoms with Crippen LogP contribution in [0, 0.1) is 12.8 Å². The third kappa shape index (κ3) is 5.47. The van der Waals surface area contributed by atoms with Gasteiger partial charge in [-0.05, 0) is 84.0 Å². The van der Waals surface area contributed by atoms with Crippen LogP contribution >= 0.6 is 23.2 Å². The Hall–Kier alpha value is -3.73. The van der Waals surface area contributed by atoms with Crippen molar-refractivity contribution in [2.24, 2.45) is 10.9 Å². The van der Waals surface area contributed by atoms with E-state index in [0.717, 1.165) is 23.2 Å². The molecule has 0 saturated carbocycles. The lowest BCUT2D eigenvalue weighted by Gasteiger charge is -2.37. The zero-order valence-corrected chi connectivity index (χ0v) is 23.9. The van der Waals surface area contributed by atoms with Crippen LogP contribution in [0.1, 0.15) is 46.2 Å². The molecular formula is C34H30Cl2N2O2. The highest BCUT2D eigenvalue weighted by Gasteiger charge is 2.37. The molecule has 4 aromatic carbocycles. The number of rotatable bonds is 7. The largest absolute Gasteiger partial charge is 0.493 e. The number of nitrogens with one attached hydrogen (secondary N) is 1. The predicted octanol–water partition coefficient (Wildman–Crippen LogP) is 9.47. The Morgan fingerprint density at radius 1 is 1.00 bits per heavy atom. The Kier molecular flexibility index (Phi) is 7.55. The number of anilines is 1. The Bertz CT molecular complexity index is 1600. The summed E-state index contributed by atoms with van der Waals surface area (Å²) in [5.74, 6) is 2.00. The first-order valence-corrected chi connectivity index (χ1v) is 14.2. The number of hydrogen-bond acceptors (Lipinski definition) is 4. The Balaban J connectivity index is 1.17. The first kappa shape index (κ1) is 26.5. The number of benzene rings is 4. The van der Waals surface area contributed by atoms with Gasteiger partial charge in [0, 0.05) is 22.8 Å². The van der Waals surface area contributed by atoms with E-state index in [0.29, 0.717) is 40.0 Å². The van der Waals surface area contributed by atoms with Gasteiger partial charge >= 0.3 is 0 Å². The zero-order valence-electron chi connectivity index (χ0n) is 22.4. The normalized spacial score (nSPS) is 19.2. The van der Waals surface area contributed by atoms with Gasteiger partial charge in [-0.3, -0.25) is 4.99 Å². The zero-order chi connectivity index (χ0) is 27.6. The van der Waals surface area contributed by atoms with Gasteiger partial charge in [0.2, 0.25) is 0 Å². The SMILES string of the molecule is COc1cc(C=Nc2ccc([C@@H]3Nc4ccc(C)cc4[C@@H]4C=CC[C@H]43)cc2)cc(Cl)c1OCc1cccc(Cl)c1. The van der Waals surface area contributed by atoms with Crippen LogP contribution in [0.2, 0.25) is 10.0 Å². The molecule has 4 nitrogen and oxygen atoms in total. The maximum Gasteiger partial charge on any atom is 0.180 e. The number of hydrogen-bond donors (Lipinski definition) is 1. The van der Waals surface area contributed by atoms with Crippen molar-refractivity contribution in [3.63, 3.8) is 0 Å². The van der Waals surface area contributed by atoms with E-state index in [1.165, 1.54) is 22.4 Å². The monoisotopic (exact) mass is 568 g/mol. The summed E-state index contributed by atoms with van der Waals surface area (Å²) in [6.45, 7) is 2.49. The molecule has 1 heterocycles. The molecule has 4 aromatic rings. The number of aliphatic imine (C=N–C) groups is 1. The summed E-state index contributed by atoms with van der Waals surface area (Å²) in [5.41, 5.74) is 7.85. The molecule has 0 fully saturated rings. The molecule has 0 unspecified atom stereocenters. The van der Waals surface area contributed by atoms with Gasteiger partial charge in [-0.1, -0.05) is 77.3 Å². The van der Waals surface area contributed by atoms with Gasteiger partial charge in [-0.25, -0.2) is 0 Å². The lowest BCUT2D eigenvalue weighted by Crippen LogP contribution is -2.29. The molecule has 0 saturated heterocycles. The average Bonchev–Trinajstić information content (AvgIpc) is 3.46. The maximum atomic E-state index is 6.58. The van der Waals surface area contributed by atoms with Gasteiger partial charge < -0.3 is 14.8 Å². The van der Waals surface area contributed by atoms with E-state index in [9.17, 15) is 0 Å². The van der Waals surface area contributed by atoms with Gasteiger partial charge in [0.25, 0.3) is 0 Å². The van der Waals surface area contributed by atoms with Gasteiger partial charge in [0.05, 0.1) is 23.9 Å². The van der Waals surface area contributed by atoms with Crippen molar-refractivity contribution in [1.82, 2.24) is 0 Å². The smallest absolute Gasteiger partial charge is 0.180 e. The Labute approximate surface area is 245 Å². The first-order valence-electron chi connectivity index (χ1n) is 13.4. The fraction of sp³-hybridized carbons (Fsp3) is 0.206. The fourth-order valence-corrected chi connectivity index (χ4v) is 6.18. The second-order valence-electron chi connectivity index (χ2n) is 10.4. The molecule has 0 bridgehead atoms. The van der Waals surface area contributed by atoms with Crippen LogP contribution in [0.15, 0.2) is 96.0 Å². The van der Waals surface area contributed by atoms with Crippen molar-refractivity contribution >= 4 is 40.8 Å². The molecule has 0 radical (unpaired) electrons. The molecular weight excluding hydrogens is 539 g/mol. The summed E-state index contributed by atoms with van der Waals surface area (Å²) in [6.07, 6.45) is 7.57. The van der Waals surface area contributed by atoms with Gasteiger partial charge in [-0.15, -0.1) is 0 Å². The Morgan fingerprint density at radius 2 is 1.85 bits per heavy atom. The number of aryl methyl sites for hydroxylation is 1. The molecule has 0 spiro atoms. The van der Waals surface area contributed by atoms with Gasteiger partial charge in [0.1, 0.15) is 6.61 Å². The van der Waals surface area contributed by atoms with Crippen molar-refractivity contribution in [2.75, 3.05) is 12.4 Å². The molecule has 1 aliphatic heterocycles. The molecule has 202 valence electrons. The lowest BCUT2D eigenvalue weighted by molar-refractivity contribution is 0.284. The minimum atomic E-state index is 0.260. The van der Waals surface area contributed by atoms with Crippen molar-refractivity contribution in [2.45, 2.75) is 31.9 Å². The number of halogens is 2. The minimum absolute atomic E-state index is 0.260. The average molecular weight is 570 g/mol. The molecule has 6 rings (SSSR count). The van der Waals surface area contributed by atoms with Gasteiger partial charge in [0.15, 0.2) is 11.5 Å². The third-order valence-electron chi connectivity index (χ3n) is 7.66. The number of fused-ring (bicyclic) bond motifs is 3. The van der Waals surface area contributed by atoms with E-state index in [2.05, 4.69) is 66.9 Å². The van der Waals surface area contributed by atoms with E-state index in [4.69, 9.17) is 37.7 Å². The number of ether oxygens (including phenoxy) is 2. The number of allylic oxidation sites excluding steroid dienone is 2. The summed E-state index contributed by atoms with van der Waals surface area (Å²) in [6, 6.07) is 26.7. The molecule has 6 heteroatoms. The van der Waals surface area contributed by atoms with Crippen LogP contribution in [-0.2, 0) is 6.61 Å². The quantitative estimate of drug-likeness (QED) is 0.178. The van der Waals surface area contributed by atoms with Crippen LogP contribution in [0.25, 0.3) is 0 Å². The number of methoxy groups -OCH3 is 1. The summed E-state index contributed by atoms with van der Waals surface area (Å²) < 4.78 is 11.5. The van der Waals surface area contributed by atoms with Crippen molar-refractivity contribution < 1.29 is 9.47 Å². The summed E-state index contributed by atoms with van der Waals surface area (Å²) in [5, 5.41) is 4.93. The van der Waals surface area contributed by atoms with E-state index in [-0.39, 0.29) is 6.04 Å². The standard InChI is InChI=1S/C34H30Cl2N2O2/c1-21-9-14-31-29(15-21)27-7-4-8-28(27)33(38-31)24-10-12-26(13-11-24)37-19-23-17-30(36)34(32(18-23)39-2)40-20-22-5-3-6-25(35)16-22/h3-7,9-19,27-28,33,38H,8,20H2,1-2H3/t27-,28-,33+/m1/s1. The van der Waals surface area contributed by atoms with E-state index in [1.54, 1.807) is 13.3 Å². The van der Waals surface area contributed by atoms with Crippen LogP contribution < -0.4 is 14.8 Å². The highest BCUT2D eigenvalue weighted by Crippen LogP contribution is 2.50. The van der Waals surface area contributed by atoms with E-state index < -0.39 is 0 Å². The second kappa shape index (κ2) is 11.4. The predicted molar refractivity (Wildman–Crippen MR) is 165 cm³/mol. The van der Waals surface area contributed by atoms with E-state index in [1.807, 2.05) is 36.4 Å². The van der Waals surface area contributed by atoms with E-state index >= 15 is 0 Å². The van der Waals surface area contributed by atoms with Crippen LogP contribution in [-0.4, -0.2) is 13.3 Å². The molecule has 2 aliphatic rings. The highest BCUT2D eigenvalue weighted by atomic mass is 35.5. The molecule has 0 aromatic heterocycles. The topological polar surface area (TPSA) is 42.8 Å². The highest BCUT2D eigenvalue weighted by molar-refractivity contribution is 6.32. The molecule has 3 atom stereocenters. The lowest BCUT2D eigenvalue weighted by atomic mass is 9.76. The number of nitrogens with zero attached hydrogens (tertiary/aromatic N) is 1. The second-order valence-corrected chi connectivity index (χ2v) is 11.2. The van der Waals surface area contributed by atoms with Crippen LogP contribution in [0.4, 0.5) is 11.4 Å². The first-order chi connectivity index (χ1) is 19.5.